The van der Waals surface area contributed by atoms with Crippen molar-refractivity contribution >= 4 is 11.9 Å². The van der Waals surface area contributed by atoms with Gasteiger partial charge in [0.2, 0.25) is 0 Å². The van der Waals surface area contributed by atoms with Gasteiger partial charge in [0.05, 0.1) is 13.2 Å². The van der Waals surface area contributed by atoms with Gasteiger partial charge in [0.15, 0.2) is 0 Å². The molecule has 1 rings (SSSR count). The van der Waals surface area contributed by atoms with Gasteiger partial charge in [-0.25, -0.2) is 0 Å². The smallest absolute Gasteiger partial charge is 0.305 e. The van der Waals surface area contributed by atoms with E-state index in [1.807, 2.05) is 30.3 Å². The number of esters is 2. The summed E-state index contributed by atoms with van der Waals surface area (Å²) in [4.78, 5) is 23.0. The summed E-state index contributed by atoms with van der Waals surface area (Å²) in [6.07, 6.45) is 5.91. The molecular weight excluding hydrogens is 292 g/mol. The van der Waals surface area contributed by atoms with Gasteiger partial charge in [-0.2, -0.15) is 0 Å². The quantitative estimate of drug-likeness (QED) is 0.430. The lowest BCUT2D eigenvalue weighted by Gasteiger charge is -2.05. The molecule has 1 aromatic rings. The predicted molar refractivity (Wildman–Crippen MR) is 90.1 cm³/mol. The molecule has 0 aliphatic heterocycles. The monoisotopic (exact) mass is 320 g/mol. The van der Waals surface area contributed by atoms with Gasteiger partial charge in [-0.15, -0.1) is 0 Å². The van der Waals surface area contributed by atoms with Crippen LogP contribution >= 0.6 is 0 Å². The highest BCUT2D eigenvalue weighted by molar-refractivity contribution is 5.69. The first kappa shape index (κ1) is 19.2. The average Bonchev–Trinajstić information content (AvgIpc) is 2.56. The molecule has 0 fully saturated rings. The maximum Gasteiger partial charge on any atom is 0.305 e. The summed E-state index contributed by atoms with van der Waals surface area (Å²) in [6.45, 7) is 3.00. The van der Waals surface area contributed by atoms with Gasteiger partial charge in [-0.1, -0.05) is 50.1 Å². The Labute approximate surface area is 139 Å². The molecular formula is C19H28O4. The van der Waals surface area contributed by atoms with Crippen molar-refractivity contribution < 1.29 is 19.1 Å². The number of unbranched alkanes of at least 4 members (excludes halogenated alkanes) is 3. The molecule has 0 saturated carbocycles. The van der Waals surface area contributed by atoms with Crippen LogP contribution in [0.2, 0.25) is 0 Å². The standard InChI is InChI=1S/C19H28O4/c1-2-3-15-22-18(20)12-8-5-9-13-19(21)23-16-14-17-10-6-4-7-11-17/h4,6-7,10-11H,2-3,5,8-9,12-16H2,1H3. The Morgan fingerprint density at radius 1 is 0.826 bits per heavy atom. The van der Waals surface area contributed by atoms with Gasteiger partial charge in [0.1, 0.15) is 0 Å². The SMILES string of the molecule is CCCCOC(=O)CCCCCC(=O)OCCc1ccccc1. The molecule has 0 aliphatic rings. The summed E-state index contributed by atoms with van der Waals surface area (Å²) in [5.41, 5.74) is 1.17. The van der Waals surface area contributed by atoms with Gasteiger partial charge < -0.3 is 9.47 Å². The van der Waals surface area contributed by atoms with Crippen molar-refractivity contribution in [1.29, 1.82) is 0 Å². The minimum atomic E-state index is -0.161. The molecule has 0 N–H and O–H groups in total. The molecule has 0 aliphatic carbocycles. The van der Waals surface area contributed by atoms with Crippen molar-refractivity contribution in [3.05, 3.63) is 35.9 Å². The van der Waals surface area contributed by atoms with Crippen molar-refractivity contribution in [3.8, 4) is 0 Å². The number of hydrogen-bond donors (Lipinski definition) is 0. The topological polar surface area (TPSA) is 52.6 Å². The van der Waals surface area contributed by atoms with Crippen LogP contribution in [0.4, 0.5) is 0 Å². The van der Waals surface area contributed by atoms with E-state index in [0.717, 1.165) is 38.5 Å². The second kappa shape index (κ2) is 12.7. The number of hydrogen-bond acceptors (Lipinski definition) is 4. The van der Waals surface area contributed by atoms with Crippen LogP contribution in [0, 0.1) is 0 Å². The van der Waals surface area contributed by atoms with Crippen molar-refractivity contribution in [3.63, 3.8) is 0 Å². The van der Waals surface area contributed by atoms with Gasteiger partial charge in [-0.3, -0.25) is 9.59 Å². The van der Waals surface area contributed by atoms with Crippen LogP contribution in [0.25, 0.3) is 0 Å². The third kappa shape index (κ3) is 10.5. The maximum absolute atomic E-state index is 11.6. The molecule has 0 atom stereocenters. The van der Waals surface area contributed by atoms with Gasteiger partial charge in [-0.05, 0) is 24.8 Å². The third-order valence-corrected chi connectivity index (χ3v) is 3.52. The molecule has 0 radical (unpaired) electrons. The lowest BCUT2D eigenvalue weighted by Crippen LogP contribution is -2.08. The summed E-state index contributed by atoms with van der Waals surface area (Å²) >= 11 is 0. The molecule has 23 heavy (non-hydrogen) atoms. The number of benzene rings is 1. The van der Waals surface area contributed by atoms with E-state index in [1.54, 1.807) is 0 Å². The van der Waals surface area contributed by atoms with Gasteiger partial charge >= 0.3 is 11.9 Å². The van der Waals surface area contributed by atoms with Crippen molar-refractivity contribution in [1.82, 2.24) is 0 Å². The summed E-state index contributed by atoms with van der Waals surface area (Å²) < 4.78 is 10.3. The van der Waals surface area contributed by atoms with Crippen LogP contribution in [0.3, 0.4) is 0 Å². The lowest BCUT2D eigenvalue weighted by molar-refractivity contribution is -0.144. The highest BCUT2D eigenvalue weighted by atomic mass is 16.5. The van der Waals surface area contributed by atoms with E-state index in [1.165, 1.54) is 5.56 Å². The fourth-order valence-electron chi connectivity index (χ4n) is 2.12. The molecule has 0 aromatic heterocycles. The van der Waals surface area contributed by atoms with Crippen molar-refractivity contribution in [2.45, 2.75) is 58.3 Å². The number of carbonyl (C=O) groups excluding carboxylic acids is 2. The van der Waals surface area contributed by atoms with Crippen molar-refractivity contribution in [2.24, 2.45) is 0 Å². The van der Waals surface area contributed by atoms with Crippen LogP contribution in [0.5, 0.6) is 0 Å². The van der Waals surface area contributed by atoms with E-state index in [-0.39, 0.29) is 11.9 Å². The number of carbonyl (C=O) groups is 2. The van der Waals surface area contributed by atoms with E-state index in [9.17, 15) is 9.59 Å². The molecule has 0 unspecified atom stereocenters. The minimum absolute atomic E-state index is 0.135. The number of ether oxygens (including phenoxy) is 2. The van der Waals surface area contributed by atoms with Crippen LogP contribution in [-0.4, -0.2) is 25.2 Å². The van der Waals surface area contributed by atoms with Crippen LogP contribution in [0.15, 0.2) is 30.3 Å². The highest BCUT2D eigenvalue weighted by Crippen LogP contribution is 2.06. The van der Waals surface area contributed by atoms with Gasteiger partial charge in [0, 0.05) is 19.3 Å². The largest absolute Gasteiger partial charge is 0.466 e. The molecule has 0 bridgehead atoms. The zero-order valence-electron chi connectivity index (χ0n) is 14.1. The van der Waals surface area contributed by atoms with Crippen LogP contribution in [-0.2, 0) is 25.5 Å². The first-order valence-electron chi connectivity index (χ1n) is 8.57. The molecule has 4 heteroatoms. The van der Waals surface area contributed by atoms with E-state index >= 15 is 0 Å². The minimum Gasteiger partial charge on any atom is -0.466 e. The molecule has 0 amide bonds. The Morgan fingerprint density at radius 2 is 1.43 bits per heavy atom. The molecule has 0 saturated heterocycles. The van der Waals surface area contributed by atoms with Gasteiger partial charge in [0.25, 0.3) is 0 Å². The fourth-order valence-corrected chi connectivity index (χ4v) is 2.12. The Morgan fingerprint density at radius 3 is 2.04 bits per heavy atom. The molecule has 4 nitrogen and oxygen atoms in total. The average molecular weight is 320 g/mol. The van der Waals surface area contributed by atoms with Crippen LogP contribution < -0.4 is 0 Å². The Kier molecular flexibility index (Phi) is 10.6. The summed E-state index contributed by atoms with van der Waals surface area (Å²) in [5, 5.41) is 0. The van der Waals surface area contributed by atoms with E-state index < -0.39 is 0 Å². The summed E-state index contributed by atoms with van der Waals surface area (Å²) in [6, 6.07) is 9.96. The Hall–Kier alpha value is -1.84. The molecule has 0 heterocycles. The zero-order valence-corrected chi connectivity index (χ0v) is 14.1. The van der Waals surface area contributed by atoms with E-state index in [4.69, 9.17) is 9.47 Å². The number of rotatable bonds is 12. The second-order valence-corrected chi connectivity index (χ2v) is 5.59. The summed E-state index contributed by atoms with van der Waals surface area (Å²) in [5.74, 6) is -0.296. The maximum atomic E-state index is 11.6. The summed E-state index contributed by atoms with van der Waals surface area (Å²) in [7, 11) is 0. The normalized spacial score (nSPS) is 10.3. The second-order valence-electron chi connectivity index (χ2n) is 5.59. The molecule has 1 aromatic carbocycles. The van der Waals surface area contributed by atoms with E-state index in [2.05, 4.69) is 6.92 Å². The molecule has 0 spiro atoms. The lowest BCUT2D eigenvalue weighted by atomic mass is 10.1. The third-order valence-electron chi connectivity index (χ3n) is 3.52. The predicted octanol–water partition coefficient (Wildman–Crippen LogP) is 4.07. The first-order chi connectivity index (χ1) is 11.2. The highest BCUT2D eigenvalue weighted by Gasteiger charge is 2.05. The fraction of sp³-hybridized carbons (Fsp3) is 0.579. The van der Waals surface area contributed by atoms with Crippen molar-refractivity contribution in [2.75, 3.05) is 13.2 Å². The Balaban J connectivity index is 1.94. The first-order valence-corrected chi connectivity index (χ1v) is 8.57. The van der Waals surface area contributed by atoms with E-state index in [0.29, 0.717) is 26.1 Å². The van der Waals surface area contributed by atoms with Crippen LogP contribution in [0.1, 0.15) is 57.4 Å². The molecule has 128 valence electrons. The zero-order chi connectivity index (χ0) is 16.8. The Bertz CT molecular complexity index is 442.